The van der Waals surface area contributed by atoms with Crippen molar-refractivity contribution in [3.05, 3.63) is 58.7 Å². The van der Waals surface area contributed by atoms with E-state index < -0.39 is 0 Å². The van der Waals surface area contributed by atoms with Gasteiger partial charge in [0.1, 0.15) is 23.4 Å². The molecule has 0 radical (unpaired) electrons. The third-order valence-corrected chi connectivity index (χ3v) is 6.15. The standard InChI is InChI=1S/C28H38O6S/c1-27(2,3)21-15-19(7-11-23(21)29)9-13-25(31)33-17-35-18-34-26(32)14-10-20-8-12-24(30)22(16-20)28(4,5)6/h7-8,11-12,15-16,29-30H,9-10,13-14,17-18H2,1-6H3. The largest absolute Gasteiger partial charge is 0.508 e. The van der Waals surface area contributed by atoms with E-state index in [-0.39, 0.29) is 59.0 Å². The Morgan fingerprint density at radius 1 is 0.714 bits per heavy atom. The molecule has 7 heteroatoms. The minimum Gasteiger partial charge on any atom is -0.508 e. The maximum absolute atomic E-state index is 12.0. The smallest absolute Gasteiger partial charge is 0.306 e. The van der Waals surface area contributed by atoms with Gasteiger partial charge in [-0.05, 0) is 58.1 Å². The van der Waals surface area contributed by atoms with Crippen molar-refractivity contribution in [2.75, 3.05) is 11.9 Å². The number of aromatic hydroxyl groups is 2. The molecule has 6 nitrogen and oxygen atoms in total. The molecule has 35 heavy (non-hydrogen) atoms. The molecule has 2 aromatic carbocycles. The lowest BCUT2D eigenvalue weighted by Crippen LogP contribution is -2.12. The molecule has 0 atom stereocenters. The number of phenolic OH excluding ortho intramolecular Hbond substituents is 2. The molecule has 0 bridgehead atoms. The molecular formula is C28H38O6S. The number of benzene rings is 2. The molecule has 0 amide bonds. The second kappa shape index (κ2) is 12.3. The van der Waals surface area contributed by atoms with Crippen LogP contribution in [-0.4, -0.2) is 34.0 Å². The highest BCUT2D eigenvalue weighted by atomic mass is 32.2. The molecule has 2 aromatic rings. The van der Waals surface area contributed by atoms with E-state index in [9.17, 15) is 19.8 Å². The van der Waals surface area contributed by atoms with Crippen molar-refractivity contribution in [2.45, 2.75) is 78.1 Å². The van der Waals surface area contributed by atoms with E-state index in [0.717, 1.165) is 22.3 Å². The van der Waals surface area contributed by atoms with Crippen LogP contribution in [0.1, 0.15) is 76.6 Å². The number of hydrogen-bond donors (Lipinski definition) is 2. The summed E-state index contributed by atoms with van der Waals surface area (Å²) in [7, 11) is 0. The summed E-state index contributed by atoms with van der Waals surface area (Å²) in [6, 6.07) is 10.8. The topological polar surface area (TPSA) is 93.1 Å². The van der Waals surface area contributed by atoms with Gasteiger partial charge in [0, 0.05) is 12.8 Å². The predicted octanol–water partition coefficient (Wildman–Crippen LogP) is 5.99. The number of phenols is 2. The number of esters is 2. The Hall–Kier alpha value is -2.67. The fraction of sp³-hybridized carbons (Fsp3) is 0.500. The van der Waals surface area contributed by atoms with Gasteiger partial charge < -0.3 is 19.7 Å². The summed E-state index contributed by atoms with van der Waals surface area (Å²) < 4.78 is 10.4. The maximum Gasteiger partial charge on any atom is 0.306 e. The SMILES string of the molecule is CC(C)(C)c1cc(CCC(=O)OCSCOC(=O)CCc2ccc(O)c(C(C)(C)C)c2)ccc1O. The second-order valence-electron chi connectivity index (χ2n) is 10.7. The van der Waals surface area contributed by atoms with Gasteiger partial charge in [0.25, 0.3) is 0 Å². The van der Waals surface area contributed by atoms with Crippen LogP contribution in [0.15, 0.2) is 36.4 Å². The Kier molecular flexibility index (Phi) is 10.1. The minimum atomic E-state index is -0.323. The van der Waals surface area contributed by atoms with Crippen LogP contribution in [0.2, 0.25) is 0 Å². The third-order valence-electron chi connectivity index (χ3n) is 5.58. The highest BCUT2D eigenvalue weighted by Gasteiger charge is 2.19. The molecule has 0 saturated heterocycles. The summed E-state index contributed by atoms with van der Waals surface area (Å²) in [5.74, 6) is 0.0938. The normalized spacial score (nSPS) is 11.8. The van der Waals surface area contributed by atoms with Crippen LogP contribution >= 0.6 is 11.8 Å². The van der Waals surface area contributed by atoms with Gasteiger partial charge in [-0.1, -0.05) is 77.6 Å². The van der Waals surface area contributed by atoms with E-state index in [0.29, 0.717) is 12.8 Å². The third kappa shape index (κ3) is 9.48. The molecule has 0 fully saturated rings. The molecule has 0 aromatic heterocycles. The zero-order valence-electron chi connectivity index (χ0n) is 21.6. The molecule has 0 aliphatic carbocycles. The molecule has 0 heterocycles. The van der Waals surface area contributed by atoms with Gasteiger partial charge in [-0.15, -0.1) is 0 Å². The zero-order chi connectivity index (χ0) is 26.2. The molecule has 0 aliphatic heterocycles. The molecular weight excluding hydrogens is 464 g/mol. The van der Waals surface area contributed by atoms with Crippen molar-refractivity contribution in [2.24, 2.45) is 0 Å². The molecule has 2 N–H and O–H groups in total. The van der Waals surface area contributed by atoms with Crippen molar-refractivity contribution in [1.29, 1.82) is 0 Å². The van der Waals surface area contributed by atoms with Gasteiger partial charge in [-0.25, -0.2) is 0 Å². The van der Waals surface area contributed by atoms with E-state index in [2.05, 4.69) is 0 Å². The average Bonchev–Trinajstić information content (AvgIpc) is 2.76. The maximum atomic E-state index is 12.0. The van der Waals surface area contributed by atoms with Crippen LogP contribution in [0.5, 0.6) is 11.5 Å². The van der Waals surface area contributed by atoms with Crippen molar-refractivity contribution >= 4 is 23.7 Å². The Balaban J connectivity index is 1.65. The van der Waals surface area contributed by atoms with Crippen molar-refractivity contribution in [3.63, 3.8) is 0 Å². The summed E-state index contributed by atoms with van der Waals surface area (Å²) in [4.78, 5) is 24.1. The van der Waals surface area contributed by atoms with Crippen LogP contribution in [0.3, 0.4) is 0 Å². The van der Waals surface area contributed by atoms with Gasteiger partial charge in [0.15, 0.2) is 0 Å². The molecule has 0 unspecified atom stereocenters. The van der Waals surface area contributed by atoms with E-state index in [4.69, 9.17) is 9.47 Å². The lowest BCUT2D eigenvalue weighted by atomic mass is 9.85. The van der Waals surface area contributed by atoms with Crippen LogP contribution in [0, 0.1) is 0 Å². The van der Waals surface area contributed by atoms with E-state index in [1.807, 2.05) is 65.8 Å². The lowest BCUT2D eigenvalue weighted by molar-refractivity contribution is -0.141. The molecule has 0 spiro atoms. The Morgan fingerprint density at radius 2 is 1.09 bits per heavy atom. The van der Waals surface area contributed by atoms with E-state index in [1.54, 1.807) is 12.1 Å². The molecule has 0 saturated carbocycles. The Labute approximate surface area is 213 Å². The quantitative estimate of drug-likeness (QED) is 0.234. The van der Waals surface area contributed by atoms with Gasteiger partial charge in [0.05, 0.1) is 0 Å². The molecule has 0 aliphatic rings. The van der Waals surface area contributed by atoms with Crippen molar-refractivity contribution < 1.29 is 29.3 Å². The number of carbonyl (C=O) groups is 2. The van der Waals surface area contributed by atoms with Gasteiger partial charge in [-0.2, -0.15) is 0 Å². The molecule has 192 valence electrons. The van der Waals surface area contributed by atoms with Crippen LogP contribution in [0.25, 0.3) is 0 Å². The first-order chi connectivity index (χ1) is 16.3. The van der Waals surface area contributed by atoms with E-state index in [1.165, 1.54) is 11.8 Å². The molecule has 2 rings (SSSR count). The number of thioether (sulfide) groups is 1. The Bertz CT molecular complexity index is 936. The number of carbonyl (C=O) groups excluding carboxylic acids is 2. The minimum absolute atomic E-state index is 0.113. The summed E-state index contributed by atoms with van der Waals surface area (Å²) in [5, 5.41) is 20.1. The van der Waals surface area contributed by atoms with E-state index >= 15 is 0 Å². The fourth-order valence-electron chi connectivity index (χ4n) is 3.56. The lowest BCUT2D eigenvalue weighted by Gasteiger charge is -2.21. The van der Waals surface area contributed by atoms with Crippen LogP contribution in [-0.2, 0) is 42.7 Å². The summed E-state index contributed by atoms with van der Waals surface area (Å²) in [5.41, 5.74) is 3.26. The fourth-order valence-corrected chi connectivity index (χ4v) is 4.06. The number of hydrogen-bond acceptors (Lipinski definition) is 7. The monoisotopic (exact) mass is 502 g/mol. The van der Waals surface area contributed by atoms with Crippen LogP contribution in [0.4, 0.5) is 0 Å². The number of aryl methyl sites for hydroxylation is 2. The van der Waals surface area contributed by atoms with Crippen molar-refractivity contribution in [1.82, 2.24) is 0 Å². The summed E-state index contributed by atoms with van der Waals surface area (Å²) >= 11 is 1.22. The van der Waals surface area contributed by atoms with Gasteiger partial charge >= 0.3 is 11.9 Å². The first-order valence-electron chi connectivity index (χ1n) is 11.8. The van der Waals surface area contributed by atoms with Crippen LogP contribution < -0.4 is 0 Å². The van der Waals surface area contributed by atoms with Gasteiger partial charge in [0.2, 0.25) is 0 Å². The zero-order valence-corrected chi connectivity index (χ0v) is 22.5. The van der Waals surface area contributed by atoms with Crippen molar-refractivity contribution in [3.8, 4) is 11.5 Å². The predicted molar refractivity (Wildman–Crippen MR) is 140 cm³/mol. The first-order valence-corrected chi connectivity index (χ1v) is 13.0. The Morgan fingerprint density at radius 3 is 1.43 bits per heavy atom. The number of rotatable bonds is 10. The van der Waals surface area contributed by atoms with Gasteiger partial charge in [-0.3, -0.25) is 9.59 Å². The average molecular weight is 503 g/mol. The summed E-state index contributed by atoms with van der Waals surface area (Å²) in [6.07, 6.45) is 1.52. The summed E-state index contributed by atoms with van der Waals surface area (Å²) in [6.45, 7) is 12.2. The first kappa shape index (κ1) is 28.6. The highest BCUT2D eigenvalue weighted by molar-refractivity contribution is 7.99. The number of ether oxygens (including phenoxy) is 2. The second-order valence-corrected chi connectivity index (χ2v) is 11.6. The highest BCUT2D eigenvalue weighted by Crippen LogP contribution is 2.32.